The Morgan fingerprint density at radius 3 is 2.14 bits per heavy atom. The molecule has 0 radical (unpaired) electrons. The van der Waals surface area contributed by atoms with E-state index in [9.17, 15) is 0 Å². The SMILES string of the molecule is COC(C)(C)CCNC(C)(C)CCCl. The van der Waals surface area contributed by atoms with Gasteiger partial charge in [0.25, 0.3) is 0 Å². The summed E-state index contributed by atoms with van der Waals surface area (Å²) in [4.78, 5) is 0. The average Bonchev–Trinajstić information content (AvgIpc) is 2.03. The Balaban J connectivity index is 3.73. The van der Waals surface area contributed by atoms with Crippen molar-refractivity contribution in [1.29, 1.82) is 0 Å². The summed E-state index contributed by atoms with van der Waals surface area (Å²) in [5.41, 5.74) is 0.0929. The molecule has 1 N–H and O–H groups in total. The summed E-state index contributed by atoms with van der Waals surface area (Å²) in [5, 5.41) is 3.49. The Labute approximate surface area is 93.4 Å². The van der Waals surface area contributed by atoms with Gasteiger partial charge in [-0.25, -0.2) is 0 Å². The first-order valence-corrected chi connectivity index (χ1v) is 5.72. The molecule has 0 spiro atoms. The van der Waals surface area contributed by atoms with Crippen LogP contribution in [0.5, 0.6) is 0 Å². The van der Waals surface area contributed by atoms with E-state index in [1.165, 1.54) is 0 Å². The van der Waals surface area contributed by atoms with Crippen LogP contribution in [0.4, 0.5) is 0 Å². The van der Waals surface area contributed by atoms with Crippen molar-refractivity contribution < 1.29 is 4.74 Å². The molecule has 0 rings (SSSR count). The molecule has 0 aliphatic heterocycles. The van der Waals surface area contributed by atoms with Gasteiger partial charge in [0.1, 0.15) is 0 Å². The quantitative estimate of drug-likeness (QED) is 0.668. The van der Waals surface area contributed by atoms with Crippen LogP contribution >= 0.6 is 11.6 Å². The van der Waals surface area contributed by atoms with E-state index >= 15 is 0 Å². The zero-order chi connectivity index (χ0) is 11.2. The first-order valence-electron chi connectivity index (χ1n) is 5.19. The van der Waals surface area contributed by atoms with Crippen molar-refractivity contribution in [3.05, 3.63) is 0 Å². The van der Waals surface area contributed by atoms with E-state index in [2.05, 4.69) is 33.0 Å². The van der Waals surface area contributed by atoms with Crippen LogP contribution in [0.3, 0.4) is 0 Å². The zero-order valence-corrected chi connectivity index (χ0v) is 10.9. The smallest absolute Gasteiger partial charge is 0.0634 e. The fourth-order valence-corrected chi connectivity index (χ4v) is 1.60. The Kier molecular flexibility index (Phi) is 6.03. The highest BCUT2D eigenvalue weighted by molar-refractivity contribution is 6.17. The van der Waals surface area contributed by atoms with Crippen molar-refractivity contribution in [2.45, 2.75) is 51.7 Å². The normalized spacial score (nSPS) is 13.3. The fraction of sp³-hybridized carbons (Fsp3) is 1.00. The predicted octanol–water partition coefficient (Wildman–Crippen LogP) is 2.80. The molecule has 0 fully saturated rings. The second-order valence-corrected chi connectivity index (χ2v) is 5.34. The van der Waals surface area contributed by atoms with Gasteiger partial charge in [-0.2, -0.15) is 0 Å². The van der Waals surface area contributed by atoms with Crippen LogP contribution in [-0.2, 0) is 4.74 Å². The largest absolute Gasteiger partial charge is 0.379 e. The first kappa shape index (κ1) is 14.2. The van der Waals surface area contributed by atoms with E-state index in [0.29, 0.717) is 5.88 Å². The Morgan fingerprint density at radius 2 is 1.71 bits per heavy atom. The second-order valence-electron chi connectivity index (χ2n) is 4.96. The summed E-state index contributed by atoms with van der Waals surface area (Å²) in [6.07, 6.45) is 2.00. The van der Waals surface area contributed by atoms with Crippen molar-refractivity contribution >= 4 is 11.6 Å². The third kappa shape index (κ3) is 6.63. The molecule has 3 heteroatoms. The minimum absolute atomic E-state index is 0.0377. The Bertz CT molecular complexity index is 157. The molecule has 2 nitrogen and oxygen atoms in total. The summed E-state index contributed by atoms with van der Waals surface area (Å²) in [5.74, 6) is 0.702. The van der Waals surface area contributed by atoms with E-state index in [4.69, 9.17) is 16.3 Å². The predicted molar refractivity (Wildman–Crippen MR) is 63.1 cm³/mol. The molecule has 0 atom stereocenters. The van der Waals surface area contributed by atoms with Gasteiger partial charge in [0.05, 0.1) is 5.60 Å². The molecular formula is C11H24ClNO. The lowest BCUT2D eigenvalue weighted by Gasteiger charge is -2.29. The lowest BCUT2D eigenvalue weighted by molar-refractivity contribution is 0.0145. The molecule has 0 aromatic rings. The van der Waals surface area contributed by atoms with E-state index in [1.54, 1.807) is 7.11 Å². The van der Waals surface area contributed by atoms with E-state index in [1.807, 2.05) is 0 Å². The van der Waals surface area contributed by atoms with Crippen molar-refractivity contribution in [2.24, 2.45) is 0 Å². The average molecular weight is 222 g/mol. The van der Waals surface area contributed by atoms with Crippen LogP contribution in [0.1, 0.15) is 40.5 Å². The van der Waals surface area contributed by atoms with Gasteiger partial charge in [0, 0.05) is 18.5 Å². The number of rotatable bonds is 7. The van der Waals surface area contributed by atoms with Crippen LogP contribution < -0.4 is 5.32 Å². The van der Waals surface area contributed by atoms with Gasteiger partial charge in [0.2, 0.25) is 0 Å². The van der Waals surface area contributed by atoms with Crippen molar-refractivity contribution in [3.63, 3.8) is 0 Å². The van der Waals surface area contributed by atoms with Gasteiger partial charge in [0.15, 0.2) is 0 Å². The molecule has 0 bridgehead atoms. The Morgan fingerprint density at radius 1 is 1.14 bits per heavy atom. The van der Waals surface area contributed by atoms with Gasteiger partial charge in [-0.1, -0.05) is 0 Å². The minimum atomic E-state index is -0.0377. The van der Waals surface area contributed by atoms with Crippen molar-refractivity contribution in [3.8, 4) is 0 Å². The van der Waals surface area contributed by atoms with Crippen LogP contribution in [0.15, 0.2) is 0 Å². The van der Waals surface area contributed by atoms with Crippen LogP contribution in [0.2, 0.25) is 0 Å². The monoisotopic (exact) mass is 221 g/mol. The first-order chi connectivity index (χ1) is 6.33. The van der Waals surface area contributed by atoms with Crippen LogP contribution in [0.25, 0.3) is 0 Å². The highest BCUT2D eigenvalue weighted by Gasteiger charge is 2.19. The minimum Gasteiger partial charge on any atom is -0.379 e. The summed E-state index contributed by atoms with van der Waals surface area (Å²) >= 11 is 5.72. The van der Waals surface area contributed by atoms with Gasteiger partial charge in [-0.3, -0.25) is 0 Å². The highest BCUT2D eigenvalue weighted by atomic mass is 35.5. The molecule has 0 saturated heterocycles. The number of nitrogens with one attached hydrogen (secondary N) is 1. The highest BCUT2D eigenvalue weighted by Crippen LogP contribution is 2.14. The van der Waals surface area contributed by atoms with Crippen LogP contribution in [0, 0.1) is 0 Å². The maximum absolute atomic E-state index is 5.72. The van der Waals surface area contributed by atoms with Gasteiger partial charge in [-0.05, 0) is 47.1 Å². The summed E-state index contributed by atoms with van der Waals surface area (Å²) in [7, 11) is 1.75. The molecule has 0 aliphatic rings. The number of hydrogen-bond acceptors (Lipinski definition) is 2. The zero-order valence-electron chi connectivity index (χ0n) is 10.1. The van der Waals surface area contributed by atoms with Crippen molar-refractivity contribution in [2.75, 3.05) is 19.5 Å². The third-order valence-corrected chi connectivity index (χ3v) is 2.79. The molecular weight excluding hydrogens is 198 g/mol. The van der Waals surface area contributed by atoms with E-state index in [-0.39, 0.29) is 11.1 Å². The molecule has 0 unspecified atom stereocenters. The Hall–Kier alpha value is 0.210. The van der Waals surface area contributed by atoms with Gasteiger partial charge in [-0.15, -0.1) is 11.6 Å². The number of methoxy groups -OCH3 is 1. The summed E-state index contributed by atoms with van der Waals surface area (Å²) < 4.78 is 5.35. The molecule has 0 aromatic heterocycles. The maximum Gasteiger partial charge on any atom is 0.0634 e. The topological polar surface area (TPSA) is 21.3 Å². The molecule has 86 valence electrons. The third-order valence-electron chi connectivity index (χ3n) is 2.60. The standard InChI is InChI=1S/C11H24ClNO/c1-10(2,6-8-12)13-9-7-11(3,4)14-5/h13H,6-9H2,1-5H3. The summed E-state index contributed by atoms with van der Waals surface area (Å²) in [6.45, 7) is 9.52. The van der Waals surface area contributed by atoms with Gasteiger partial charge < -0.3 is 10.1 Å². The molecule has 0 aromatic carbocycles. The molecule has 0 saturated carbocycles. The van der Waals surface area contributed by atoms with Crippen LogP contribution in [-0.4, -0.2) is 30.7 Å². The molecule has 0 heterocycles. The van der Waals surface area contributed by atoms with Crippen molar-refractivity contribution in [1.82, 2.24) is 5.32 Å². The second kappa shape index (κ2) is 5.94. The number of halogens is 1. The summed E-state index contributed by atoms with van der Waals surface area (Å²) in [6, 6.07) is 0. The molecule has 0 amide bonds. The fourth-order valence-electron chi connectivity index (χ4n) is 1.13. The number of hydrogen-bond donors (Lipinski definition) is 1. The lowest BCUT2D eigenvalue weighted by Crippen LogP contribution is -2.42. The van der Waals surface area contributed by atoms with E-state index in [0.717, 1.165) is 19.4 Å². The number of alkyl halides is 1. The molecule has 14 heavy (non-hydrogen) atoms. The number of ether oxygens (including phenoxy) is 1. The lowest BCUT2D eigenvalue weighted by atomic mass is 10.00. The van der Waals surface area contributed by atoms with Gasteiger partial charge >= 0.3 is 0 Å². The van der Waals surface area contributed by atoms with E-state index < -0.39 is 0 Å². The maximum atomic E-state index is 5.72. The molecule has 0 aliphatic carbocycles.